The number of hydrogen-bond acceptors (Lipinski definition) is 4. The van der Waals surface area contributed by atoms with Crippen LogP contribution in [0.25, 0.3) is 0 Å². The number of hydrogen-bond donors (Lipinski definition) is 0. The van der Waals surface area contributed by atoms with Crippen molar-refractivity contribution in [3.63, 3.8) is 0 Å². The van der Waals surface area contributed by atoms with E-state index >= 15 is 0 Å². The molecule has 0 aromatic heterocycles. The minimum atomic E-state index is -3.03. The number of carbonyl (C=O) groups is 1. The largest absolute Gasteiger partial charge is 0.466 e. The summed E-state index contributed by atoms with van der Waals surface area (Å²) in [5, 5.41) is 0.817. The quantitative estimate of drug-likeness (QED) is 0.567. The van der Waals surface area contributed by atoms with E-state index in [0.29, 0.717) is 6.61 Å². The maximum atomic E-state index is 13.4. The predicted molar refractivity (Wildman–Crippen MR) is 85.6 cm³/mol. The maximum Gasteiger partial charge on any atom is 0.306 e. The van der Waals surface area contributed by atoms with Crippen LogP contribution >= 0.6 is 7.37 Å². The molecule has 0 amide bonds. The molecular formula is C17H21O4P. The summed E-state index contributed by atoms with van der Waals surface area (Å²) < 4.78 is 24.2. The predicted octanol–water partition coefficient (Wildman–Crippen LogP) is 4.46. The zero-order valence-electron chi connectivity index (χ0n) is 12.8. The second-order valence-electron chi connectivity index (χ2n) is 5.63. The van der Waals surface area contributed by atoms with Gasteiger partial charge in [0.15, 0.2) is 0 Å². The molecule has 22 heavy (non-hydrogen) atoms. The molecule has 1 unspecified atom stereocenters. The van der Waals surface area contributed by atoms with Gasteiger partial charge in [0.25, 0.3) is 7.37 Å². The molecule has 0 fully saturated rings. The van der Waals surface area contributed by atoms with Crippen molar-refractivity contribution < 1.29 is 18.6 Å². The zero-order valence-corrected chi connectivity index (χ0v) is 13.7. The standard InChI is InChI=1S/C17H21O4P/c1-2-20-17(18)11-12-22(19)16-10-6-4-8-14(16)13-7-3-5-9-15(13)21-22/h5-6,9-10H,2-4,7-8,11-12H2,1H3. The van der Waals surface area contributed by atoms with Gasteiger partial charge in [0.05, 0.1) is 18.3 Å². The topological polar surface area (TPSA) is 52.6 Å². The van der Waals surface area contributed by atoms with Crippen molar-refractivity contribution in [2.45, 2.75) is 39.0 Å². The van der Waals surface area contributed by atoms with E-state index in [1.807, 2.05) is 18.2 Å². The highest BCUT2D eigenvalue weighted by atomic mass is 31.2. The molecule has 118 valence electrons. The Balaban J connectivity index is 1.89. The third-order valence-corrected chi connectivity index (χ3v) is 6.62. The van der Waals surface area contributed by atoms with Crippen LogP contribution in [0, 0.1) is 0 Å². The lowest BCUT2D eigenvalue weighted by Gasteiger charge is -2.33. The van der Waals surface area contributed by atoms with Crippen molar-refractivity contribution in [3.8, 4) is 0 Å². The molecular weight excluding hydrogens is 299 g/mol. The van der Waals surface area contributed by atoms with E-state index in [0.717, 1.165) is 36.8 Å². The molecule has 1 heterocycles. The first-order valence-corrected chi connectivity index (χ1v) is 9.69. The van der Waals surface area contributed by atoms with Gasteiger partial charge in [-0.25, -0.2) is 0 Å². The summed E-state index contributed by atoms with van der Waals surface area (Å²) in [5.74, 6) is 0.426. The first-order chi connectivity index (χ1) is 10.6. The van der Waals surface area contributed by atoms with Crippen molar-refractivity contribution in [1.29, 1.82) is 0 Å². The van der Waals surface area contributed by atoms with Gasteiger partial charge >= 0.3 is 5.97 Å². The molecule has 0 N–H and O–H groups in total. The Bertz CT molecular complexity index is 652. The zero-order chi connectivity index (χ0) is 15.6. The summed E-state index contributed by atoms with van der Waals surface area (Å²) in [7, 11) is -3.03. The fraction of sp³-hybridized carbons (Fsp3) is 0.471. The van der Waals surface area contributed by atoms with E-state index < -0.39 is 7.37 Å². The fourth-order valence-corrected chi connectivity index (χ4v) is 5.54. The molecule has 1 atom stereocenters. The third kappa shape index (κ3) is 2.85. The van der Waals surface area contributed by atoms with Gasteiger partial charge in [-0.2, -0.15) is 0 Å². The Labute approximate surface area is 131 Å². The van der Waals surface area contributed by atoms with E-state index in [4.69, 9.17) is 9.26 Å². The minimum Gasteiger partial charge on any atom is -0.466 e. The molecule has 4 nitrogen and oxygen atoms in total. The van der Waals surface area contributed by atoms with Gasteiger partial charge in [0.2, 0.25) is 0 Å². The molecule has 0 saturated carbocycles. The van der Waals surface area contributed by atoms with E-state index in [-0.39, 0.29) is 18.6 Å². The van der Waals surface area contributed by atoms with E-state index in [9.17, 15) is 9.36 Å². The van der Waals surface area contributed by atoms with Crippen molar-refractivity contribution in [3.05, 3.63) is 46.5 Å². The summed E-state index contributed by atoms with van der Waals surface area (Å²) in [6, 6.07) is 0. The SMILES string of the molecule is CCOC(=O)CCP1(=O)OC2=C(CCC=C2)C2=C1C=CCC2. The van der Waals surface area contributed by atoms with Gasteiger partial charge in [0.1, 0.15) is 5.76 Å². The Hall–Kier alpha value is -1.54. The highest BCUT2D eigenvalue weighted by molar-refractivity contribution is 7.64. The Kier molecular flexibility index (Phi) is 4.39. The first-order valence-electron chi connectivity index (χ1n) is 7.88. The lowest BCUT2D eigenvalue weighted by Crippen LogP contribution is -2.15. The summed E-state index contributed by atoms with van der Waals surface area (Å²) in [6.45, 7) is 2.11. The molecule has 0 aromatic carbocycles. The fourth-order valence-electron chi connectivity index (χ4n) is 3.15. The smallest absolute Gasteiger partial charge is 0.306 e. The van der Waals surface area contributed by atoms with Gasteiger partial charge in [-0.1, -0.05) is 18.2 Å². The highest BCUT2D eigenvalue weighted by Gasteiger charge is 2.38. The van der Waals surface area contributed by atoms with Crippen LogP contribution in [0.3, 0.4) is 0 Å². The van der Waals surface area contributed by atoms with Gasteiger partial charge in [-0.05, 0) is 49.8 Å². The number of fused-ring (bicyclic) bond motifs is 1. The molecule has 0 spiro atoms. The molecule has 3 rings (SSSR count). The van der Waals surface area contributed by atoms with Crippen molar-refractivity contribution >= 4 is 13.3 Å². The molecule has 0 bridgehead atoms. The second-order valence-corrected chi connectivity index (χ2v) is 8.09. The van der Waals surface area contributed by atoms with Crippen LogP contribution in [0.1, 0.15) is 39.0 Å². The minimum absolute atomic E-state index is 0.127. The Morgan fingerprint density at radius 1 is 1.23 bits per heavy atom. The van der Waals surface area contributed by atoms with Gasteiger partial charge in [-0.3, -0.25) is 9.36 Å². The number of rotatable bonds is 4. The first kappa shape index (κ1) is 15.4. The van der Waals surface area contributed by atoms with Crippen LogP contribution < -0.4 is 0 Å². The molecule has 0 radical (unpaired) electrons. The molecule has 1 aliphatic heterocycles. The van der Waals surface area contributed by atoms with Crippen LogP contribution in [-0.4, -0.2) is 18.7 Å². The van der Waals surface area contributed by atoms with E-state index in [2.05, 4.69) is 6.08 Å². The number of carbonyl (C=O) groups excluding carboxylic acids is 1. The van der Waals surface area contributed by atoms with Crippen LogP contribution in [0.15, 0.2) is 46.5 Å². The molecule has 0 saturated heterocycles. The van der Waals surface area contributed by atoms with Crippen molar-refractivity contribution in [2.24, 2.45) is 0 Å². The molecule has 3 aliphatic rings. The lowest BCUT2D eigenvalue weighted by molar-refractivity contribution is -0.142. The number of ether oxygens (including phenoxy) is 1. The molecule has 2 aliphatic carbocycles. The molecule has 5 heteroatoms. The van der Waals surface area contributed by atoms with Gasteiger partial charge in [-0.15, -0.1) is 0 Å². The van der Waals surface area contributed by atoms with E-state index in [1.165, 1.54) is 11.1 Å². The summed E-state index contributed by atoms with van der Waals surface area (Å²) in [4.78, 5) is 11.6. The Morgan fingerprint density at radius 3 is 2.73 bits per heavy atom. The Morgan fingerprint density at radius 2 is 1.95 bits per heavy atom. The third-order valence-electron chi connectivity index (χ3n) is 4.17. The van der Waals surface area contributed by atoms with Gasteiger partial charge in [0, 0.05) is 6.16 Å². The average molecular weight is 320 g/mol. The summed E-state index contributed by atoms with van der Waals surface area (Å²) >= 11 is 0. The van der Waals surface area contributed by atoms with Crippen LogP contribution in [0.4, 0.5) is 0 Å². The van der Waals surface area contributed by atoms with Crippen LogP contribution in [0.2, 0.25) is 0 Å². The summed E-state index contributed by atoms with van der Waals surface area (Å²) in [5.41, 5.74) is 2.38. The lowest BCUT2D eigenvalue weighted by atomic mass is 9.90. The normalized spacial score (nSPS) is 26.4. The monoisotopic (exact) mass is 320 g/mol. The van der Waals surface area contributed by atoms with Gasteiger partial charge < -0.3 is 9.26 Å². The maximum absolute atomic E-state index is 13.4. The average Bonchev–Trinajstić information content (AvgIpc) is 2.54. The van der Waals surface area contributed by atoms with Crippen molar-refractivity contribution in [2.75, 3.05) is 12.8 Å². The number of allylic oxidation sites excluding steroid dienone is 7. The van der Waals surface area contributed by atoms with Crippen LogP contribution in [0.5, 0.6) is 0 Å². The molecule has 0 aromatic rings. The van der Waals surface area contributed by atoms with Crippen molar-refractivity contribution in [1.82, 2.24) is 0 Å². The van der Waals surface area contributed by atoms with Crippen LogP contribution in [-0.2, 0) is 18.6 Å². The number of esters is 1. The van der Waals surface area contributed by atoms with E-state index in [1.54, 1.807) is 6.92 Å². The highest BCUT2D eigenvalue weighted by Crippen LogP contribution is 2.64. The summed E-state index contributed by atoms with van der Waals surface area (Å²) in [6.07, 6.45) is 12.1. The second kappa shape index (κ2) is 6.29.